The quantitative estimate of drug-likeness (QED) is 0.351. The van der Waals surface area contributed by atoms with Crippen LogP contribution >= 0.6 is 21.6 Å². The molecule has 54 valence electrons. The van der Waals surface area contributed by atoms with Gasteiger partial charge in [-0.3, -0.25) is 0 Å². The van der Waals surface area contributed by atoms with Crippen molar-refractivity contribution in [2.24, 2.45) is 0 Å². The molecule has 0 aliphatic heterocycles. The summed E-state index contributed by atoms with van der Waals surface area (Å²) in [5.41, 5.74) is 0. The molecule has 0 fully saturated rings. The first-order chi connectivity index (χ1) is 3.25. The zero-order chi connectivity index (χ0) is 7.00. The Balaban J connectivity index is 4.53. The van der Waals surface area contributed by atoms with E-state index in [0.29, 0.717) is 0 Å². The van der Waals surface area contributed by atoms with E-state index in [9.17, 15) is 11.3 Å². The van der Waals surface area contributed by atoms with Crippen molar-refractivity contribution >= 4 is 28.9 Å². The second-order valence-electron chi connectivity index (χ2n) is 0.749. The monoisotopic (exact) mass is 341 g/mol. The summed E-state index contributed by atoms with van der Waals surface area (Å²) in [5.74, 6) is 0. The van der Waals surface area contributed by atoms with Gasteiger partial charge in [-0.05, 0) is 0 Å². The predicted molar refractivity (Wildman–Crippen MR) is 27.4 cm³/mol. The van der Waals surface area contributed by atoms with Crippen LogP contribution in [0.5, 0.6) is 0 Å². The minimum absolute atomic E-state index is 2.04. The van der Waals surface area contributed by atoms with Crippen LogP contribution in [0.15, 0.2) is 0 Å². The number of halogens is 4. The molecule has 0 aromatic heterocycles. The molecule has 8 heteroatoms. The third-order valence-electron chi connectivity index (χ3n) is 0.221. The SMILES string of the molecule is O=S(=O)(O)[I-](F)(Cl)Br. The molecule has 0 spiro atoms. The van der Waals surface area contributed by atoms with Gasteiger partial charge >= 0.3 is 59.0 Å². The Hall–Kier alpha value is 1.34. The van der Waals surface area contributed by atoms with Crippen molar-refractivity contribution in [2.75, 3.05) is 0 Å². The van der Waals surface area contributed by atoms with Gasteiger partial charge in [-0.2, -0.15) is 0 Å². The summed E-state index contributed by atoms with van der Waals surface area (Å²) in [6.07, 6.45) is 0. The van der Waals surface area contributed by atoms with Gasteiger partial charge in [0.2, 0.25) is 0 Å². The second kappa shape index (κ2) is 2.52. The molecule has 0 saturated carbocycles. The number of hydrogen-bond donors (Lipinski definition) is 1. The minimum atomic E-state index is -4.93. The zero-order valence-corrected chi connectivity index (χ0v) is 8.50. The van der Waals surface area contributed by atoms with Crippen molar-refractivity contribution in [3.8, 4) is 0 Å². The average molecular weight is 342 g/mol. The molecule has 8 heavy (non-hydrogen) atoms. The molecular formula is HBrClFIO3S-. The van der Waals surface area contributed by atoms with Gasteiger partial charge in [0, 0.05) is 0 Å². The van der Waals surface area contributed by atoms with Crippen molar-refractivity contribution in [3.63, 3.8) is 0 Å². The summed E-state index contributed by atoms with van der Waals surface area (Å²) < 4.78 is 39.2. The standard InChI is InChI=1S/BrClFHIO3S/c1-4(2,3)8(5,6)7/h(H,5,6,7)/q-1. The van der Waals surface area contributed by atoms with Crippen LogP contribution in [-0.4, -0.2) is 13.0 Å². The molecule has 0 saturated heterocycles. The van der Waals surface area contributed by atoms with Gasteiger partial charge in [-0.25, -0.2) is 0 Å². The van der Waals surface area contributed by atoms with Crippen LogP contribution in [0.25, 0.3) is 0 Å². The van der Waals surface area contributed by atoms with Gasteiger partial charge in [0.25, 0.3) is 0 Å². The molecular weight excluding hydrogens is 341 g/mol. The summed E-state index contributed by atoms with van der Waals surface area (Å²) >= 11 is -2.89. The first-order valence-electron chi connectivity index (χ1n) is 1.10. The van der Waals surface area contributed by atoms with Gasteiger partial charge in [-0.1, -0.05) is 0 Å². The van der Waals surface area contributed by atoms with E-state index in [4.69, 9.17) is 4.55 Å². The third kappa shape index (κ3) is 2.76. The number of hydrogen-bond acceptors (Lipinski definition) is 2. The van der Waals surface area contributed by atoms with Gasteiger partial charge in [-0.15, -0.1) is 0 Å². The van der Waals surface area contributed by atoms with E-state index in [-0.39, 0.29) is 0 Å². The fraction of sp³-hybridized carbons (Fsp3) is 0. The molecule has 0 aromatic carbocycles. The van der Waals surface area contributed by atoms with Crippen LogP contribution in [-0.2, 0) is 7.29 Å². The molecule has 0 bridgehead atoms. The van der Waals surface area contributed by atoms with Crippen LogP contribution < -0.4 is 14.3 Å². The van der Waals surface area contributed by atoms with Crippen LogP contribution in [0.3, 0.4) is 0 Å². The Morgan fingerprint density at radius 2 is 1.88 bits per heavy atom. The van der Waals surface area contributed by atoms with Crippen molar-refractivity contribution < 1.29 is 30.1 Å². The third-order valence-corrected chi connectivity index (χ3v) is 13.6. The van der Waals surface area contributed by atoms with Crippen molar-refractivity contribution in [1.29, 1.82) is 0 Å². The van der Waals surface area contributed by atoms with Crippen LogP contribution in [0.4, 0.5) is 2.86 Å². The van der Waals surface area contributed by atoms with E-state index in [1.165, 1.54) is 0 Å². The molecule has 0 aromatic rings. The summed E-state index contributed by atoms with van der Waals surface area (Å²) in [6, 6.07) is 0. The Kier molecular flexibility index (Phi) is 2.95. The molecule has 1 N–H and O–H groups in total. The van der Waals surface area contributed by atoms with E-state index < -0.39 is 21.6 Å². The van der Waals surface area contributed by atoms with Gasteiger partial charge < -0.3 is 0 Å². The Bertz CT molecular complexity index is 168. The molecule has 1 atom stereocenters. The fourth-order valence-electron chi connectivity index (χ4n) is 0. The second-order valence-corrected chi connectivity index (χ2v) is 24.0. The van der Waals surface area contributed by atoms with E-state index in [0.717, 1.165) is 0 Å². The summed E-state index contributed by atoms with van der Waals surface area (Å²) in [6.45, 7) is 0. The van der Waals surface area contributed by atoms with Crippen LogP contribution in [0.1, 0.15) is 0 Å². The molecule has 1 unspecified atom stereocenters. The normalized spacial score (nSPS) is 24.0. The van der Waals surface area contributed by atoms with Crippen LogP contribution in [0.2, 0.25) is 0 Å². The molecule has 3 nitrogen and oxygen atoms in total. The van der Waals surface area contributed by atoms with Crippen molar-refractivity contribution in [2.45, 2.75) is 0 Å². The van der Waals surface area contributed by atoms with Gasteiger partial charge in [0.05, 0.1) is 0 Å². The molecule has 0 aliphatic rings. The molecule has 0 amide bonds. The van der Waals surface area contributed by atoms with E-state index >= 15 is 0 Å². The van der Waals surface area contributed by atoms with Gasteiger partial charge in [0.1, 0.15) is 0 Å². The zero-order valence-electron chi connectivity index (χ0n) is 3.18. The fourth-order valence-corrected chi connectivity index (χ4v) is 0. The average Bonchev–Trinajstić information content (AvgIpc) is 1.25. The van der Waals surface area contributed by atoms with Crippen LogP contribution in [0, 0.1) is 0 Å². The summed E-state index contributed by atoms with van der Waals surface area (Å²) in [5, 5.41) is 0. The summed E-state index contributed by atoms with van der Waals surface area (Å²) in [7, 11) is -0.0435. The first-order valence-corrected chi connectivity index (χ1v) is 13.5. The Morgan fingerprint density at radius 3 is 1.88 bits per heavy atom. The van der Waals surface area contributed by atoms with Crippen molar-refractivity contribution in [3.05, 3.63) is 0 Å². The predicted octanol–water partition coefficient (Wildman–Crippen LogP) is -1.70. The van der Waals surface area contributed by atoms with E-state index in [1.807, 2.05) is 12.7 Å². The molecule has 0 rings (SSSR count). The molecule has 0 heterocycles. The van der Waals surface area contributed by atoms with E-state index in [1.54, 1.807) is 0 Å². The Morgan fingerprint density at radius 1 is 1.75 bits per heavy atom. The molecule has 0 aliphatic carbocycles. The topological polar surface area (TPSA) is 54.4 Å². The van der Waals surface area contributed by atoms with Gasteiger partial charge in [0.15, 0.2) is 0 Å². The maximum atomic E-state index is 11.9. The van der Waals surface area contributed by atoms with Crippen molar-refractivity contribution in [1.82, 2.24) is 0 Å². The maximum absolute atomic E-state index is 11.9. The first kappa shape index (κ1) is 9.34. The number of rotatable bonds is 1. The van der Waals surface area contributed by atoms with E-state index in [2.05, 4.69) is 8.91 Å². The molecule has 0 radical (unpaired) electrons. The Labute approximate surface area is 58.5 Å². The summed E-state index contributed by atoms with van der Waals surface area (Å²) in [4.78, 5) is 0.